The zero-order valence-electron chi connectivity index (χ0n) is 26.7. The summed E-state index contributed by atoms with van der Waals surface area (Å²) in [7, 11) is 0. The molecule has 0 aliphatic carbocycles. The highest BCUT2D eigenvalue weighted by Gasteiger charge is 2.20. The Morgan fingerprint density at radius 3 is 1.56 bits per heavy atom. The standard InChI is InChI=1S/C45H25N5/c46-26-29-16-22-44(50-43-15-6-3-10-37(43)39-25-30(27-47)17-23-45(39)50)38(24-29)34-12-7-11-33(40(34)28-48)31-18-20-32(21-19-31)49-41-13-4-1-8-35(41)36-9-2-5-14-42(36)49/h1-25H. The third-order valence-corrected chi connectivity index (χ3v) is 9.65. The highest BCUT2D eigenvalue weighted by molar-refractivity contribution is 6.11. The van der Waals surface area contributed by atoms with Crippen molar-refractivity contribution < 1.29 is 0 Å². The molecule has 0 N–H and O–H groups in total. The molecule has 0 bridgehead atoms. The van der Waals surface area contributed by atoms with Gasteiger partial charge in [-0.1, -0.05) is 84.9 Å². The van der Waals surface area contributed by atoms with Gasteiger partial charge in [-0.15, -0.1) is 0 Å². The molecular weight excluding hydrogens is 611 g/mol. The molecule has 2 aromatic heterocycles. The van der Waals surface area contributed by atoms with Crippen LogP contribution < -0.4 is 0 Å². The molecule has 0 unspecified atom stereocenters. The molecule has 50 heavy (non-hydrogen) atoms. The van der Waals surface area contributed by atoms with Crippen molar-refractivity contribution in [3.05, 3.63) is 168 Å². The fourth-order valence-corrected chi connectivity index (χ4v) is 7.45. The largest absolute Gasteiger partial charge is 0.309 e. The summed E-state index contributed by atoms with van der Waals surface area (Å²) in [6.07, 6.45) is 0. The van der Waals surface area contributed by atoms with Crippen molar-refractivity contribution in [2.24, 2.45) is 0 Å². The predicted octanol–water partition coefficient (Wildman–Crippen LogP) is 10.8. The third kappa shape index (κ3) is 4.31. The van der Waals surface area contributed by atoms with E-state index in [9.17, 15) is 15.8 Å². The lowest BCUT2D eigenvalue weighted by molar-refractivity contribution is 1.18. The molecule has 5 nitrogen and oxygen atoms in total. The van der Waals surface area contributed by atoms with E-state index in [1.54, 1.807) is 0 Å². The molecule has 0 saturated carbocycles. The summed E-state index contributed by atoms with van der Waals surface area (Å²) >= 11 is 0. The minimum absolute atomic E-state index is 0.501. The van der Waals surface area contributed by atoms with E-state index < -0.39 is 0 Å². The zero-order chi connectivity index (χ0) is 33.8. The van der Waals surface area contributed by atoms with E-state index in [-0.39, 0.29) is 0 Å². The minimum Gasteiger partial charge on any atom is -0.309 e. The van der Waals surface area contributed by atoms with Crippen LogP contribution >= 0.6 is 0 Å². The number of nitrogens with zero attached hydrogens (tertiary/aromatic N) is 5. The molecule has 2 heterocycles. The molecular formula is C45H25N5. The maximum absolute atomic E-state index is 10.8. The summed E-state index contributed by atoms with van der Waals surface area (Å²) < 4.78 is 4.44. The van der Waals surface area contributed by atoms with E-state index in [0.717, 1.165) is 66.5 Å². The molecule has 0 aliphatic heterocycles. The number of hydrogen-bond acceptors (Lipinski definition) is 3. The Hall–Kier alpha value is -7.39. The molecule has 9 aromatic rings. The van der Waals surface area contributed by atoms with Crippen molar-refractivity contribution in [1.29, 1.82) is 15.8 Å². The second-order valence-electron chi connectivity index (χ2n) is 12.3. The quantitative estimate of drug-likeness (QED) is 0.193. The number of hydrogen-bond donors (Lipinski definition) is 0. The van der Waals surface area contributed by atoms with Gasteiger partial charge in [-0.05, 0) is 72.3 Å². The Balaban J connectivity index is 1.23. The van der Waals surface area contributed by atoms with Gasteiger partial charge in [-0.25, -0.2) is 0 Å². The number of benzene rings is 7. The van der Waals surface area contributed by atoms with Crippen LogP contribution in [0.25, 0.3) is 77.2 Å². The predicted molar refractivity (Wildman–Crippen MR) is 200 cm³/mol. The first-order chi connectivity index (χ1) is 24.7. The van der Waals surface area contributed by atoms with Crippen molar-refractivity contribution in [3.8, 4) is 51.8 Å². The molecule has 0 amide bonds. The van der Waals surface area contributed by atoms with Gasteiger partial charge in [0.25, 0.3) is 0 Å². The van der Waals surface area contributed by atoms with Gasteiger partial charge in [0.2, 0.25) is 0 Å². The summed E-state index contributed by atoms with van der Waals surface area (Å²) in [6, 6.07) is 57.7. The van der Waals surface area contributed by atoms with Crippen molar-refractivity contribution in [2.45, 2.75) is 0 Å². The first kappa shape index (κ1) is 28.8. The number of rotatable bonds is 4. The van der Waals surface area contributed by atoms with Gasteiger partial charge in [-0.3, -0.25) is 0 Å². The SMILES string of the molecule is N#Cc1ccc(-n2c3ccccc3c3cc(C#N)ccc32)c(-c2cccc(-c3ccc(-n4c5ccccc5c5ccccc54)cc3)c2C#N)c1. The van der Waals surface area contributed by atoms with E-state index in [2.05, 4.69) is 112 Å². The van der Waals surface area contributed by atoms with Crippen LogP contribution in [0.2, 0.25) is 0 Å². The fraction of sp³-hybridized carbons (Fsp3) is 0. The maximum atomic E-state index is 10.8. The lowest BCUT2D eigenvalue weighted by Gasteiger charge is -2.17. The van der Waals surface area contributed by atoms with Crippen molar-refractivity contribution >= 4 is 43.6 Å². The highest BCUT2D eigenvalue weighted by Crippen LogP contribution is 2.40. The molecule has 9 rings (SSSR count). The monoisotopic (exact) mass is 635 g/mol. The molecule has 230 valence electrons. The normalized spacial score (nSPS) is 11.1. The van der Waals surface area contributed by atoms with Gasteiger partial charge < -0.3 is 9.13 Å². The average molecular weight is 636 g/mol. The van der Waals surface area contributed by atoms with Crippen LogP contribution in [-0.4, -0.2) is 9.13 Å². The number of para-hydroxylation sites is 3. The molecule has 0 saturated heterocycles. The van der Waals surface area contributed by atoms with E-state index in [0.29, 0.717) is 16.7 Å². The maximum Gasteiger partial charge on any atom is 0.100 e. The zero-order valence-corrected chi connectivity index (χ0v) is 26.7. The second kappa shape index (κ2) is 11.4. The molecule has 5 heteroatoms. The van der Waals surface area contributed by atoms with Crippen LogP contribution in [0, 0.1) is 34.0 Å². The summed E-state index contributed by atoms with van der Waals surface area (Å²) in [6.45, 7) is 0. The highest BCUT2D eigenvalue weighted by atomic mass is 15.0. The minimum atomic E-state index is 0.501. The first-order valence-corrected chi connectivity index (χ1v) is 16.3. The fourth-order valence-electron chi connectivity index (χ4n) is 7.45. The Bertz CT molecular complexity index is 2900. The first-order valence-electron chi connectivity index (χ1n) is 16.3. The van der Waals surface area contributed by atoms with Crippen LogP contribution in [0.1, 0.15) is 16.7 Å². The van der Waals surface area contributed by atoms with Crippen molar-refractivity contribution in [1.82, 2.24) is 9.13 Å². The second-order valence-corrected chi connectivity index (χ2v) is 12.3. The lowest BCUT2D eigenvalue weighted by atomic mass is 9.91. The van der Waals surface area contributed by atoms with Gasteiger partial charge in [0, 0.05) is 43.9 Å². The smallest absolute Gasteiger partial charge is 0.100 e. The Morgan fingerprint density at radius 1 is 0.380 bits per heavy atom. The molecule has 0 radical (unpaired) electrons. The Labute approximate surface area is 287 Å². The summed E-state index contributed by atoms with van der Waals surface area (Å²) in [4.78, 5) is 0. The summed E-state index contributed by atoms with van der Waals surface area (Å²) in [5.41, 5.74) is 10.9. The van der Waals surface area contributed by atoms with Crippen molar-refractivity contribution in [3.63, 3.8) is 0 Å². The van der Waals surface area contributed by atoms with Crippen LogP contribution in [-0.2, 0) is 0 Å². The van der Waals surface area contributed by atoms with E-state index in [1.807, 2.05) is 66.7 Å². The molecule has 7 aromatic carbocycles. The Morgan fingerprint density at radius 2 is 0.920 bits per heavy atom. The lowest BCUT2D eigenvalue weighted by Crippen LogP contribution is -2.00. The number of fused-ring (bicyclic) bond motifs is 6. The number of nitriles is 3. The Kier molecular flexibility index (Phi) is 6.56. The average Bonchev–Trinajstić information content (AvgIpc) is 3.70. The van der Waals surface area contributed by atoms with Gasteiger partial charge in [0.15, 0.2) is 0 Å². The van der Waals surface area contributed by atoms with E-state index >= 15 is 0 Å². The summed E-state index contributed by atoms with van der Waals surface area (Å²) in [5.74, 6) is 0. The van der Waals surface area contributed by atoms with Crippen molar-refractivity contribution in [2.75, 3.05) is 0 Å². The van der Waals surface area contributed by atoms with Gasteiger partial charge in [0.05, 0.1) is 56.6 Å². The third-order valence-electron chi connectivity index (χ3n) is 9.65. The van der Waals surface area contributed by atoms with E-state index in [1.165, 1.54) is 10.8 Å². The molecule has 0 spiro atoms. The van der Waals surface area contributed by atoms with Crippen LogP contribution in [0.5, 0.6) is 0 Å². The van der Waals surface area contributed by atoms with Gasteiger partial charge in [-0.2, -0.15) is 15.8 Å². The molecule has 0 fully saturated rings. The van der Waals surface area contributed by atoms with Gasteiger partial charge in [0.1, 0.15) is 6.07 Å². The summed E-state index contributed by atoms with van der Waals surface area (Å²) in [5, 5.41) is 34.8. The topological polar surface area (TPSA) is 81.2 Å². The van der Waals surface area contributed by atoms with Gasteiger partial charge >= 0.3 is 0 Å². The van der Waals surface area contributed by atoms with Crippen LogP contribution in [0.15, 0.2) is 152 Å². The van der Waals surface area contributed by atoms with Crippen LogP contribution in [0.4, 0.5) is 0 Å². The van der Waals surface area contributed by atoms with E-state index in [4.69, 9.17) is 0 Å². The molecule has 0 aliphatic rings. The number of aromatic nitrogens is 2. The molecule has 0 atom stereocenters. The van der Waals surface area contributed by atoms with Crippen LogP contribution in [0.3, 0.4) is 0 Å².